The van der Waals surface area contributed by atoms with Gasteiger partial charge in [-0.3, -0.25) is 9.59 Å². The molecule has 0 unspecified atom stereocenters. The molecule has 1 N–H and O–H groups in total. The molecule has 2 saturated carbocycles. The minimum absolute atomic E-state index is 0.0478. The van der Waals surface area contributed by atoms with Crippen molar-refractivity contribution >= 4 is 44.9 Å². The molecule has 3 fully saturated rings. The van der Waals surface area contributed by atoms with Crippen LogP contribution in [0.2, 0.25) is 10.0 Å². The van der Waals surface area contributed by atoms with E-state index in [0.717, 1.165) is 6.07 Å². The number of likely N-dealkylation sites (tertiary alicyclic amines) is 1. The van der Waals surface area contributed by atoms with Crippen molar-refractivity contribution in [3.63, 3.8) is 0 Å². The van der Waals surface area contributed by atoms with E-state index < -0.39 is 49.7 Å². The quantitative estimate of drug-likeness (QED) is 0.589. The number of hydrogen-bond acceptors (Lipinski definition) is 5. The third-order valence-electron chi connectivity index (χ3n) is 7.34. The number of halogens is 3. The molecular weight excluding hydrogens is 528 g/mol. The molecule has 1 aliphatic heterocycles. The lowest BCUT2D eigenvalue weighted by Gasteiger charge is -2.29. The number of nitrogens with zero attached hydrogens (tertiary/aromatic N) is 2. The standard InChI is InChI=1S/C25H22Cl2FN3O4S/c26-15-5-6-17(19(28)11-15)25(9-10-25)23(33)31-13-16(36(34,35)21-4-2-1-3-18(21)27)12-20(31)22(32)30-24(14-29)7-8-24/h1-6,11,16,20H,7-10,12-13H2,(H,30,32)/t16-,20+/m1/s1. The first kappa shape index (κ1) is 25.0. The van der Waals surface area contributed by atoms with Crippen molar-refractivity contribution in [1.29, 1.82) is 5.26 Å². The number of rotatable bonds is 6. The van der Waals surface area contributed by atoms with E-state index in [1.807, 2.05) is 0 Å². The van der Waals surface area contributed by atoms with Gasteiger partial charge in [0.1, 0.15) is 17.4 Å². The zero-order valence-electron chi connectivity index (χ0n) is 19.0. The van der Waals surface area contributed by atoms with Crippen LogP contribution >= 0.6 is 23.2 Å². The summed E-state index contributed by atoms with van der Waals surface area (Å²) in [4.78, 5) is 28.3. The summed E-state index contributed by atoms with van der Waals surface area (Å²) in [5.74, 6) is -1.73. The molecule has 11 heteroatoms. The summed E-state index contributed by atoms with van der Waals surface area (Å²) in [6.45, 7) is -0.249. The lowest BCUT2D eigenvalue weighted by atomic mass is 9.93. The zero-order chi connectivity index (χ0) is 25.9. The molecule has 1 saturated heterocycles. The molecular formula is C25H22Cl2FN3O4S. The zero-order valence-corrected chi connectivity index (χ0v) is 21.3. The average Bonchev–Trinajstić information content (AvgIpc) is 3.75. The molecule has 2 aliphatic carbocycles. The maximum Gasteiger partial charge on any atom is 0.244 e. The van der Waals surface area contributed by atoms with Gasteiger partial charge in [-0.25, -0.2) is 12.8 Å². The van der Waals surface area contributed by atoms with Gasteiger partial charge in [-0.2, -0.15) is 5.26 Å². The SMILES string of the molecule is N#CC1(NC(=O)[C@@H]2C[C@@H](S(=O)(=O)c3ccccc3Cl)CN2C(=O)C2(c3ccc(Cl)cc3F)CC2)CC1. The van der Waals surface area contributed by atoms with Crippen molar-refractivity contribution in [3.8, 4) is 6.07 Å². The highest BCUT2D eigenvalue weighted by Gasteiger charge is 2.59. The van der Waals surface area contributed by atoms with Crippen LogP contribution in [-0.2, 0) is 24.8 Å². The molecule has 0 aromatic heterocycles. The summed E-state index contributed by atoms with van der Waals surface area (Å²) in [5.41, 5.74) is -2.02. The Morgan fingerprint density at radius 3 is 2.39 bits per heavy atom. The molecule has 0 bridgehead atoms. The first-order valence-electron chi connectivity index (χ1n) is 11.5. The molecule has 3 aliphatic rings. The number of benzene rings is 2. The van der Waals surface area contributed by atoms with Gasteiger partial charge >= 0.3 is 0 Å². The molecule has 5 rings (SSSR count). The molecule has 2 aromatic rings. The Kier molecular flexibility index (Phi) is 6.05. The van der Waals surface area contributed by atoms with E-state index in [0.29, 0.717) is 25.7 Å². The fourth-order valence-electron chi connectivity index (χ4n) is 4.94. The lowest BCUT2D eigenvalue weighted by Crippen LogP contribution is -2.51. The second-order valence-corrected chi connectivity index (χ2v) is 12.7. The number of carbonyl (C=O) groups excluding carboxylic acids is 2. The third kappa shape index (κ3) is 4.15. The highest BCUT2D eigenvalue weighted by atomic mass is 35.5. The molecule has 36 heavy (non-hydrogen) atoms. The Balaban J connectivity index is 1.50. The van der Waals surface area contributed by atoms with Crippen LogP contribution in [0.15, 0.2) is 47.4 Å². The van der Waals surface area contributed by atoms with E-state index in [1.54, 1.807) is 12.1 Å². The second kappa shape index (κ2) is 8.72. The molecule has 2 atom stereocenters. The number of nitrogens with one attached hydrogen (secondary N) is 1. The summed E-state index contributed by atoms with van der Waals surface area (Å²) in [7, 11) is -4.00. The van der Waals surface area contributed by atoms with Gasteiger partial charge in [-0.05, 0) is 56.4 Å². The molecule has 188 valence electrons. The fourth-order valence-corrected chi connectivity index (χ4v) is 7.31. The highest BCUT2D eigenvalue weighted by molar-refractivity contribution is 7.92. The van der Waals surface area contributed by atoms with Gasteiger partial charge in [0.15, 0.2) is 9.84 Å². The lowest BCUT2D eigenvalue weighted by molar-refractivity contribution is -0.140. The van der Waals surface area contributed by atoms with Crippen molar-refractivity contribution in [2.45, 2.75) is 59.2 Å². The summed E-state index contributed by atoms with van der Waals surface area (Å²) in [6, 6.07) is 11.0. The Morgan fingerprint density at radius 2 is 1.81 bits per heavy atom. The Bertz CT molecular complexity index is 1420. The van der Waals surface area contributed by atoms with Crippen LogP contribution in [0.1, 0.15) is 37.7 Å². The minimum Gasteiger partial charge on any atom is -0.336 e. The van der Waals surface area contributed by atoms with Crippen LogP contribution in [0.5, 0.6) is 0 Å². The van der Waals surface area contributed by atoms with Crippen LogP contribution in [0, 0.1) is 17.1 Å². The van der Waals surface area contributed by atoms with Crippen LogP contribution in [-0.4, -0.2) is 48.5 Å². The van der Waals surface area contributed by atoms with Gasteiger partial charge in [0.25, 0.3) is 0 Å². The molecule has 7 nitrogen and oxygen atoms in total. The largest absolute Gasteiger partial charge is 0.336 e. The van der Waals surface area contributed by atoms with E-state index >= 15 is 0 Å². The van der Waals surface area contributed by atoms with E-state index in [1.165, 1.54) is 29.2 Å². The van der Waals surface area contributed by atoms with Gasteiger partial charge in [-0.15, -0.1) is 0 Å². The average molecular weight is 550 g/mol. The predicted octanol–water partition coefficient (Wildman–Crippen LogP) is 3.78. The predicted molar refractivity (Wildman–Crippen MR) is 131 cm³/mol. The van der Waals surface area contributed by atoms with E-state index in [2.05, 4.69) is 11.4 Å². The van der Waals surface area contributed by atoms with Crippen LogP contribution in [0.3, 0.4) is 0 Å². The number of hydrogen-bond donors (Lipinski definition) is 1. The first-order chi connectivity index (χ1) is 17.0. The van der Waals surface area contributed by atoms with Gasteiger partial charge < -0.3 is 10.2 Å². The third-order valence-corrected chi connectivity index (χ3v) is 10.2. The Hall–Kier alpha value is -2.67. The molecule has 2 aromatic carbocycles. The Morgan fingerprint density at radius 1 is 1.11 bits per heavy atom. The maximum absolute atomic E-state index is 14.8. The smallest absolute Gasteiger partial charge is 0.244 e. The van der Waals surface area contributed by atoms with Crippen molar-refractivity contribution in [1.82, 2.24) is 10.2 Å². The first-order valence-corrected chi connectivity index (χ1v) is 13.8. The van der Waals surface area contributed by atoms with Crippen molar-refractivity contribution in [3.05, 3.63) is 63.9 Å². The van der Waals surface area contributed by atoms with Crippen molar-refractivity contribution in [2.24, 2.45) is 0 Å². The van der Waals surface area contributed by atoms with E-state index in [4.69, 9.17) is 23.2 Å². The normalized spacial score (nSPS) is 23.6. The van der Waals surface area contributed by atoms with Crippen molar-refractivity contribution in [2.75, 3.05) is 6.54 Å². The number of amides is 2. The van der Waals surface area contributed by atoms with Crippen LogP contribution < -0.4 is 5.32 Å². The van der Waals surface area contributed by atoms with Gasteiger partial charge in [0.05, 0.1) is 26.7 Å². The van der Waals surface area contributed by atoms with Gasteiger partial charge in [0, 0.05) is 17.1 Å². The van der Waals surface area contributed by atoms with Gasteiger partial charge in [0.2, 0.25) is 11.8 Å². The van der Waals surface area contributed by atoms with Crippen molar-refractivity contribution < 1.29 is 22.4 Å². The number of nitriles is 1. The summed E-state index contributed by atoms with van der Waals surface area (Å²) in [5, 5.41) is 11.2. The van der Waals surface area contributed by atoms with E-state index in [9.17, 15) is 27.7 Å². The van der Waals surface area contributed by atoms with E-state index in [-0.39, 0.29) is 33.5 Å². The van der Waals surface area contributed by atoms with Gasteiger partial charge in [-0.1, -0.05) is 41.4 Å². The summed E-state index contributed by atoms with van der Waals surface area (Å²) in [6.07, 6.45) is 1.53. The maximum atomic E-state index is 14.8. The topological polar surface area (TPSA) is 107 Å². The molecule has 0 radical (unpaired) electrons. The molecule has 1 heterocycles. The Labute approximate surface area is 218 Å². The molecule has 2 amide bonds. The monoisotopic (exact) mass is 549 g/mol. The second-order valence-electron chi connectivity index (χ2n) is 9.70. The van der Waals surface area contributed by atoms with Crippen LogP contribution in [0.4, 0.5) is 4.39 Å². The fraction of sp³-hybridized carbons (Fsp3) is 0.400. The van der Waals surface area contributed by atoms with Crippen LogP contribution in [0.25, 0.3) is 0 Å². The minimum atomic E-state index is -4.00. The molecule has 0 spiro atoms. The summed E-state index contributed by atoms with van der Waals surface area (Å²) < 4.78 is 41.8. The number of sulfone groups is 1. The highest BCUT2D eigenvalue weighted by Crippen LogP contribution is 2.52. The number of carbonyl (C=O) groups is 2. The summed E-state index contributed by atoms with van der Waals surface area (Å²) >= 11 is 12.1.